The molecule has 0 aliphatic rings. The number of halogens is 1. The van der Waals surface area contributed by atoms with Gasteiger partial charge in [-0.3, -0.25) is 9.48 Å². The van der Waals surface area contributed by atoms with Gasteiger partial charge in [0.25, 0.3) is 5.91 Å². The van der Waals surface area contributed by atoms with E-state index in [1.807, 2.05) is 6.92 Å². The SMILES string of the molecule is Cc1ccc(F)c(NC(=O)c2cc(C)nn2C)c1. The number of anilines is 1. The van der Waals surface area contributed by atoms with Crippen molar-refractivity contribution in [3.05, 3.63) is 47.0 Å². The number of carbonyl (C=O) groups excluding carboxylic acids is 1. The zero-order valence-electron chi connectivity index (χ0n) is 10.5. The monoisotopic (exact) mass is 247 g/mol. The molecule has 0 aliphatic carbocycles. The van der Waals surface area contributed by atoms with E-state index in [0.717, 1.165) is 11.3 Å². The molecule has 18 heavy (non-hydrogen) atoms. The molecule has 0 unspecified atom stereocenters. The number of benzene rings is 1. The number of hydrogen-bond acceptors (Lipinski definition) is 2. The van der Waals surface area contributed by atoms with Gasteiger partial charge in [-0.15, -0.1) is 0 Å². The molecule has 2 aromatic rings. The molecule has 2 rings (SSSR count). The average molecular weight is 247 g/mol. The summed E-state index contributed by atoms with van der Waals surface area (Å²) >= 11 is 0. The molecule has 1 heterocycles. The van der Waals surface area contributed by atoms with Crippen molar-refractivity contribution in [2.75, 3.05) is 5.32 Å². The van der Waals surface area contributed by atoms with Gasteiger partial charge in [0.2, 0.25) is 0 Å². The molecule has 4 nitrogen and oxygen atoms in total. The summed E-state index contributed by atoms with van der Waals surface area (Å²) in [5.41, 5.74) is 2.20. The van der Waals surface area contributed by atoms with E-state index >= 15 is 0 Å². The standard InChI is InChI=1S/C13H14FN3O/c1-8-4-5-10(14)11(6-8)15-13(18)12-7-9(2)16-17(12)3/h4-7H,1-3H3,(H,15,18). The summed E-state index contributed by atoms with van der Waals surface area (Å²) in [5.74, 6) is -0.824. The molecule has 0 fully saturated rings. The zero-order valence-corrected chi connectivity index (χ0v) is 10.5. The number of hydrogen-bond donors (Lipinski definition) is 1. The molecule has 0 radical (unpaired) electrons. The Kier molecular flexibility index (Phi) is 3.14. The van der Waals surface area contributed by atoms with Crippen LogP contribution in [0.1, 0.15) is 21.7 Å². The second-order valence-electron chi connectivity index (χ2n) is 4.23. The molecule has 0 atom stereocenters. The molecule has 1 aromatic carbocycles. The Balaban J connectivity index is 2.26. The summed E-state index contributed by atoms with van der Waals surface area (Å²) in [7, 11) is 1.68. The summed E-state index contributed by atoms with van der Waals surface area (Å²) in [6, 6.07) is 6.23. The number of rotatable bonds is 2. The number of aromatic nitrogens is 2. The van der Waals surface area contributed by atoms with Gasteiger partial charge in [0, 0.05) is 7.05 Å². The van der Waals surface area contributed by atoms with E-state index in [0.29, 0.717) is 5.69 Å². The van der Waals surface area contributed by atoms with Crippen molar-refractivity contribution in [1.29, 1.82) is 0 Å². The van der Waals surface area contributed by atoms with E-state index in [4.69, 9.17) is 0 Å². The van der Waals surface area contributed by atoms with E-state index in [1.54, 1.807) is 32.2 Å². The van der Waals surface area contributed by atoms with Crippen molar-refractivity contribution in [3.63, 3.8) is 0 Å². The average Bonchev–Trinajstić information content (AvgIpc) is 2.63. The fourth-order valence-corrected chi connectivity index (χ4v) is 1.74. The third-order valence-electron chi connectivity index (χ3n) is 2.60. The maximum absolute atomic E-state index is 13.5. The Bertz CT molecular complexity index is 604. The summed E-state index contributed by atoms with van der Waals surface area (Å²) < 4.78 is 15.0. The highest BCUT2D eigenvalue weighted by Crippen LogP contribution is 2.16. The first-order chi connectivity index (χ1) is 8.47. The highest BCUT2D eigenvalue weighted by Gasteiger charge is 2.13. The van der Waals surface area contributed by atoms with Crippen LogP contribution in [-0.4, -0.2) is 15.7 Å². The topological polar surface area (TPSA) is 46.9 Å². The lowest BCUT2D eigenvalue weighted by atomic mass is 10.2. The third kappa shape index (κ3) is 2.40. The highest BCUT2D eigenvalue weighted by molar-refractivity contribution is 6.03. The lowest BCUT2D eigenvalue weighted by Gasteiger charge is -2.07. The number of amides is 1. The van der Waals surface area contributed by atoms with Crippen LogP contribution < -0.4 is 5.32 Å². The van der Waals surface area contributed by atoms with E-state index in [2.05, 4.69) is 10.4 Å². The van der Waals surface area contributed by atoms with Gasteiger partial charge in [0.05, 0.1) is 11.4 Å². The van der Waals surface area contributed by atoms with Crippen molar-refractivity contribution < 1.29 is 9.18 Å². The van der Waals surface area contributed by atoms with Crippen LogP contribution in [0.3, 0.4) is 0 Å². The van der Waals surface area contributed by atoms with Gasteiger partial charge in [0.15, 0.2) is 0 Å². The summed E-state index contributed by atoms with van der Waals surface area (Å²) in [5, 5.41) is 6.62. The lowest BCUT2D eigenvalue weighted by Crippen LogP contribution is -2.16. The highest BCUT2D eigenvalue weighted by atomic mass is 19.1. The van der Waals surface area contributed by atoms with Gasteiger partial charge in [0.1, 0.15) is 11.5 Å². The van der Waals surface area contributed by atoms with Crippen LogP contribution in [0.5, 0.6) is 0 Å². The molecule has 0 spiro atoms. The predicted molar refractivity (Wildman–Crippen MR) is 67.0 cm³/mol. The maximum Gasteiger partial charge on any atom is 0.274 e. The van der Waals surface area contributed by atoms with Crippen LogP contribution in [0.25, 0.3) is 0 Å². The molecule has 0 saturated heterocycles. The van der Waals surface area contributed by atoms with Crippen molar-refractivity contribution >= 4 is 11.6 Å². The van der Waals surface area contributed by atoms with Crippen LogP contribution in [0.15, 0.2) is 24.3 Å². The van der Waals surface area contributed by atoms with Gasteiger partial charge in [-0.1, -0.05) is 6.07 Å². The minimum atomic E-state index is -0.451. The molecule has 1 N–H and O–H groups in total. The molecular weight excluding hydrogens is 233 g/mol. The third-order valence-corrected chi connectivity index (χ3v) is 2.60. The first kappa shape index (κ1) is 12.3. The van der Waals surface area contributed by atoms with Gasteiger partial charge in [-0.2, -0.15) is 5.10 Å². The van der Waals surface area contributed by atoms with Gasteiger partial charge >= 0.3 is 0 Å². The number of nitrogens with zero attached hydrogens (tertiary/aromatic N) is 2. The molecule has 1 aromatic heterocycles. The number of aryl methyl sites for hydroxylation is 3. The Hall–Kier alpha value is -2.17. The summed E-state index contributed by atoms with van der Waals surface area (Å²) in [6.07, 6.45) is 0. The fraction of sp³-hybridized carbons (Fsp3) is 0.231. The first-order valence-corrected chi connectivity index (χ1v) is 5.55. The van der Waals surface area contributed by atoms with Gasteiger partial charge in [-0.05, 0) is 37.6 Å². The molecule has 0 saturated carbocycles. The van der Waals surface area contributed by atoms with Crippen molar-refractivity contribution in [3.8, 4) is 0 Å². The number of carbonyl (C=O) groups is 1. The van der Waals surface area contributed by atoms with Crippen molar-refractivity contribution in [2.45, 2.75) is 13.8 Å². The van der Waals surface area contributed by atoms with Crippen LogP contribution in [0, 0.1) is 19.7 Å². The Morgan fingerprint density at radius 3 is 2.67 bits per heavy atom. The minimum absolute atomic E-state index is 0.179. The van der Waals surface area contributed by atoms with Crippen molar-refractivity contribution in [1.82, 2.24) is 9.78 Å². The molecule has 94 valence electrons. The minimum Gasteiger partial charge on any atom is -0.318 e. The Labute approximate surface area is 104 Å². The van der Waals surface area contributed by atoms with E-state index in [9.17, 15) is 9.18 Å². The zero-order chi connectivity index (χ0) is 13.3. The van der Waals surface area contributed by atoms with E-state index in [-0.39, 0.29) is 11.6 Å². The molecule has 0 aliphatic heterocycles. The predicted octanol–water partition coefficient (Wildman–Crippen LogP) is 2.43. The second-order valence-corrected chi connectivity index (χ2v) is 4.23. The Morgan fingerprint density at radius 1 is 1.33 bits per heavy atom. The van der Waals surface area contributed by atoms with Crippen molar-refractivity contribution in [2.24, 2.45) is 7.05 Å². The Morgan fingerprint density at radius 2 is 2.06 bits per heavy atom. The van der Waals surface area contributed by atoms with E-state index < -0.39 is 5.82 Å². The van der Waals surface area contributed by atoms with Crippen LogP contribution >= 0.6 is 0 Å². The second kappa shape index (κ2) is 4.60. The summed E-state index contributed by atoms with van der Waals surface area (Å²) in [6.45, 7) is 3.63. The fourth-order valence-electron chi connectivity index (χ4n) is 1.74. The summed E-state index contributed by atoms with van der Waals surface area (Å²) in [4.78, 5) is 12.0. The normalized spacial score (nSPS) is 10.4. The molecule has 0 bridgehead atoms. The van der Waals surface area contributed by atoms with E-state index in [1.165, 1.54) is 10.7 Å². The maximum atomic E-state index is 13.5. The van der Waals surface area contributed by atoms with Crippen LogP contribution in [0.2, 0.25) is 0 Å². The lowest BCUT2D eigenvalue weighted by molar-refractivity contribution is 0.101. The molecule has 5 heteroatoms. The van der Waals surface area contributed by atoms with Gasteiger partial charge < -0.3 is 5.32 Å². The van der Waals surface area contributed by atoms with Crippen LogP contribution in [0.4, 0.5) is 10.1 Å². The first-order valence-electron chi connectivity index (χ1n) is 5.55. The molecular formula is C13H14FN3O. The van der Waals surface area contributed by atoms with Gasteiger partial charge in [-0.25, -0.2) is 4.39 Å². The largest absolute Gasteiger partial charge is 0.318 e. The van der Waals surface area contributed by atoms with Crippen LogP contribution in [-0.2, 0) is 7.05 Å². The quantitative estimate of drug-likeness (QED) is 0.886. The number of nitrogens with one attached hydrogen (secondary N) is 1. The smallest absolute Gasteiger partial charge is 0.274 e. The molecule has 1 amide bonds.